The molecule has 132 valence electrons. The standard InChI is InChI=1S/C15H21ClN4O4/c1-24-8-7-19-6-2-3-12(19)10-17-15(21)18-14-5-4-11(20(22)23)9-13(14)16/h4-5,9,12H,2-3,6-8,10H2,1H3,(H2,17,18,21). The van der Waals surface area contributed by atoms with Crippen LogP contribution in [0, 0.1) is 10.1 Å². The number of nitrogens with one attached hydrogen (secondary N) is 2. The summed E-state index contributed by atoms with van der Waals surface area (Å²) in [5.74, 6) is 0. The molecular formula is C15H21ClN4O4. The van der Waals surface area contributed by atoms with Crippen LogP contribution in [0.3, 0.4) is 0 Å². The maximum atomic E-state index is 12.0. The number of halogens is 1. The zero-order valence-electron chi connectivity index (χ0n) is 13.5. The molecule has 1 aromatic rings. The van der Waals surface area contributed by atoms with E-state index in [-0.39, 0.29) is 16.7 Å². The summed E-state index contributed by atoms with van der Waals surface area (Å²) < 4.78 is 5.09. The lowest BCUT2D eigenvalue weighted by atomic mass is 10.2. The molecule has 0 radical (unpaired) electrons. The first-order chi connectivity index (χ1) is 11.5. The summed E-state index contributed by atoms with van der Waals surface area (Å²) in [6.45, 7) is 3.05. The van der Waals surface area contributed by atoms with Crippen molar-refractivity contribution in [2.24, 2.45) is 0 Å². The number of methoxy groups -OCH3 is 1. The van der Waals surface area contributed by atoms with Crippen LogP contribution in [0.2, 0.25) is 5.02 Å². The van der Waals surface area contributed by atoms with Gasteiger partial charge >= 0.3 is 6.03 Å². The van der Waals surface area contributed by atoms with Gasteiger partial charge < -0.3 is 15.4 Å². The Morgan fingerprint density at radius 3 is 3.00 bits per heavy atom. The fourth-order valence-electron chi connectivity index (χ4n) is 2.73. The van der Waals surface area contributed by atoms with Crippen LogP contribution in [0.25, 0.3) is 0 Å². The molecule has 0 aliphatic carbocycles. The van der Waals surface area contributed by atoms with Gasteiger partial charge in [0.25, 0.3) is 5.69 Å². The number of rotatable bonds is 7. The minimum atomic E-state index is -0.537. The molecule has 2 amide bonds. The fraction of sp³-hybridized carbons (Fsp3) is 0.533. The molecule has 0 bridgehead atoms. The molecule has 1 fully saturated rings. The van der Waals surface area contributed by atoms with Gasteiger partial charge in [0, 0.05) is 38.4 Å². The van der Waals surface area contributed by atoms with Gasteiger partial charge in [-0.15, -0.1) is 0 Å². The first-order valence-electron chi connectivity index (χ1n) is 7.73. The summed E-state index contributed by atoms with van der Waals surface area (Å²) in [5, 5.41) is 16.2. The number of hydrogen-bond acceptors (Lipinski definition) is 5. The maximum Gasteiger partial charge on any atom is 0.319 e. The SMILES string of the molecule is COCCN1CCCC1CNC(=O)Nc1ccc([N+](=O)[O-])cc1Cl. The van der Waals surface area contributed by atoms with E-state index in [4.69, 9.17) is 16.3 Å². The van der Waals surface area contributed by atoms with Crippen LogP contribution in [-0.4, -0.2) is 55.2 Å². The number of amides is 2. The van der Waals surface area contributed by atoms with Crippen LogP contribution in [0.5, 0.6) is 0 Å². The number of nitro benzene ring substituents is 1. The highest BCUT2D eigenvalue weighted by atomic mass is 35.5. The van der Waals surface area contributed by atoms with E-state index >= 15 is 0 Å². The van der Waals surface area contributed by atoms with Crippen LogP contribution in [0.4, 0.5) is 16.2 Å². The van der Waals surface area contributed by atoms with E-state index in [1.807, 2.05) is 0 Å². The molecule has 1 atom stereocenters. The highest BCUT2D eigenvalue weighted by Gasteiger charge is 2.24. The number of hydrogen-bond donors (Lipinski definition) is 2. The van der Waals surface area contributed by atoms with Gasteiger partial charge in [-0.2, -0.15) is 0 Å². The van der Waals surface area contributed by atoms with Crippen molar-refractivity contribution in [3.8, 4) is 0 Å². The molecule has 1 heterocycles. The monoisotopic (exact) mass is 356 g/mol. The Labute approximate surface area is 145 Å². The number of non-ortho nitro benzene ring substituents is 1. The average Bonchev–Trinajstić information content (AvgIpc) is 3.00. The third-order valence-corrected chi connectivity index (χ3v) is 4.30. The van der Waals surface area contributed by atoms with E-state index in [0.29, 0.717) is 24.9 Å². The number of nitro groups is 1. The Morgan fingerprint density at radius 1 is 1.54 bits per heavy atom. The molecule has 8 nitrogen and oxygen atoms in total. The number of carbonyl (C=O) groups is 1. The van der Waals surface area contributed by atoms with Crippen molar-refractivity contribution in [1.82, 2.24) is 10.2 Å². The Balaban J connectivity index is 1.84. The third-order valence-electron chi connectivity index (χ3n) is 3.99. The molecule has 0 spiro atoms. The van der Waals surface area contributed by atoms with Gasteiger partial charge in [-0.25, -0.2) is 4.79 Å². The number of urea groups is 1. The number of benzene rings is 1. The minimum Gasteiger partial charge on any atom is -0.383 e. The lowest BCUT2D eigenvalue weighted by molar-refractivity contribution is -0.384. The van der Waals surface area contributed by atoms with E-state index in [0.717, 1.165) is 25.9 Å². The highest BCUT2D eigenvalue weighted by molar-refractivity contribution is 6.33. The lowest BCUT2D eigenvalue weighted by Gasteiger charge is -2.24. The summed E-state index contributed by atoms with van der Waals surface area (Å²) in [6.07, 6.45) is 2.13. The Morgan fingerprint density at radius 2 is 2.33 bits per heavy atom. The van der Waals surface area contributed by atoms with E-state index in [1.165, 1.54) is 18.2 Å². The zero-order valence-corrected chi connectivity index (χ0v) is 14.2. The van der Waals surface area contributed by atoms with E-state index in [1.54, 1.807) is 7.11 Å². The first-order valence-corrected chi connectivity index (χ1v) is 8.11. The van der Waals surface area contributed by atoms with Crippen molar-refractivity contribution in [1.29, 1.82) is 0 Å². The lowest BCUT2D eigenvalue weighted by Crippen LogP contribution is -2.42. The van der Waals surface area contributed by atoms with Crippen LogP contribution in [-0.2, 0) is 4.74 Å². The number of nitrogens with zero attached hydrogens (tertiary/aromatic N) is 2. The van der Waals surface area contributed by atoms with Gasteiger partial charge in [-0.3, -0.25) is 15.0 Å². The maximum absolute atomic E-state index is 12.0. The average molecular weight is 357 g/mol. The van der Waals surface area contributed by atoms with Crippen molar-refractivity contribution < 1.29 is 14.5 Å². The number of anilines is 1. The first kappa shape index (κ1) is 18.4. The summed E-state index contributed by atoms with van der Waals surface area (Å²) in [5.41, 5.74) is 0.216. The molecule has 9 heteroatoms. The number of likely N-dealkylation sites (tertiary alicyclic amines) is 1. The van der Waals surface area contributed by atoms with Crippen molar-refractivity contribution in [2.75, 3.05) is 38.7 Å². The molecule has 1 aliphatic rings. The van der Waals surface area contributed by atoms with Crippen molar-refractivity contribution in [3.05, 3.63) is 33.3 Å². The summed E-state index contributed by atoms with van der Waals surface area (Å²) >= 11 is 5.96. The molecule has 1 aliphatic heterocycles. The topological polar surface area (TPSA) is 96.7 Å². The van der Waals surface area contributed by atoms with Gasteiger partial charge in [0.2, 0.25) is 0 Å². The Kier molecular flexibility index (Phi) is 6.77. The fourth-order valence-corrected chi connectivity index (χ4v) is 2.95. The quantitative estimate of drug-likeness (QED) is 0.578. The second-order valence-corrected chi connectivity index (χ2v) is 5.99. The van der Waals surface area contributed by atoms with Gasteiger partial charge in [0.1, 0.15) is 0 Å². The Bertz CT molecular complexity index is 599. The normalized spacial score (nSPS) is 17.7. The van der Waals surface area contributed by atoms with Gasteiger partial charge in [-0.05, 0) is 25.5 Å². The molecular weight excluding hydrogens is 336 g/mol. The number of carbonyl (C=O) groups excluding carboxylic acids is 1. The molecule has 1 aromatic carbocycles. The Hall–Kier alpha value is -1.90. The summed E-state index contributed by atoms with van der Waals surface area (Å²) in [6, 6.07) is 3.83. The predicted molar refractivity (Wildman–Crippen MR) is 91.6 cm³/mol. The highest BCUT2D eigenvalue weighted by Crippen LogP contribution is 2.26. The third kappa shape index (κ3) is 5.05. The summed E-state index contributed by atoms with van der Waals surface area (Å²) in [4.78, 5) is 24.4. The van der Waals surface area contributed by atoms with Crippen LogP contribution >= 0.6 is 11.6 Å². The molecule has 0 aromatic heterocycles. The van der Waals surface area contributed by atoms with Crippen molar-refractivity contribution in [3.63, 3.8) is 0 Å². The van der Waals surface area contributed by atoms with E-state index < -0.39 is 4.92 Å². The largest absolute Gasteiger partial charge is 0.383 e. The van der Waals surface area contributed by atoms with Gasteiger partial charge in [0.05, 0.1) is 22.2 Å². The van der Waals surface area contributed by atoms with Crippen LogP contribution < -0.4 is 10.6 Å². The molecule has 2 N–H and O–H groups in total. The van der Waals surface area contributed by atoms with Crippen LogP contribution in [0.1, 0.15) is 12.8 Å². The predicted octanol–water partition coefficient (Wildman–Crippen LogP) is 2.48. The molecule has 1 unspecified atom stereocenters. The number of ether oxygens (including phenoxy) is 1. The summed E-state index contributed by atoms with van der Waals surface area (Å²) in [7, 11) is 1.67. The smallest absolute Gasteiger partial charge is 0.319 e. The zero-order chi connectivity index (χ0) is 17.5. The molecule has 24 heavy (non-hydrogen) atoms. The second kappa shape index (κ2) is 8.81. The molecule has 0 saturated carbocycles. The van der Waals surface area contributed by atoms with Crippen molar-refractivity contribution >= 4 is 29.0 Å². The van der Waals surface area contributed by atoms with Crippen molar-refractivity contribution in [2.45, 2.75) is 18.9 Å². The van der Waals surface area contributed by atoms with Gasteiger partial charge in [0.15, 0.2) is 0 Å². The second-order valence-electron chi connectivity index (χ2n) is 5.58. The van der Waals surface area contributed by atoms with E-state index in [9.17, 15) is 14.9 Å². The molecule has 2 rings (SSSR count). The van der Waals surface area contributed by atoms with Crippen LogP contribution in [0.15, 0.2) is 18.2 Å². The minimum absolute atomic E-state index is 0.120. The molecule has 1 saturated heterocycles. The van der Waals surface area contributed by atoms with Gasteiger partial charge in [-0.1, -0.05) is 11.6 Å². The van der Waals surface area contributed by atoms with E-state index in [2.05, 4.69) is 15.5 Å².